The molecule has 1 aliphatic rings. The summed E-state index contributed by atoms with van der Waals surface area (Å²) in [5.74, 6) is -0.717. The number of hydrogen-bond acceptors (Lipinski definition) is 3. The zero-order chi connectivity index (χ0) is 18.0. The van der Waals surface area contributed by atoms with Crippen molar-refractivity contribution in [2.24, 2.45) is 0 Å². The molecule has 0 atom stereocenters. The average molecular weight is 342 g/mol. The highest BCUT2D eigenvalue weighted by molar-refractivity contribution is 5.95. The molecule has 0 bridgehead atoms. The van der Waals surface area contributed by atoms with E-state index in [1.807, 2.05) is 19.1 Å². The molecule has 0 aliphatic carbocycles. The fourth-order valence-electron chi connectivity index (χ4n) is 2.62. The van der Waals surface area contributed by atoms with E-state index in [1.54, 1.807) is 19.3 Å². The highest BCUT2D eigenvalue weighted by Crippen LogP contribution is 2.28. The molecule has 3 amide bonds. The van der Waals surface area contributed by atoms with E-state index in [0.717, 1.165) is 16.8 Å². The number of aromatic nitrogens is 1. The molecule has 1 aromatic carbocycles. The van der Waals surface area contributed by atoms with Gasteiger partial charge in [0.25, 0.3) is 0 Å². The fourth-order valence-corrected chi connectivity index (χ4v) is 2.62. The lowest BCUT2D eigenvalue weighted by Crippen LogP contribution is -2.31. The highest BCUT2D eigenvalue weighted by atomic mass is 19.1. The number of fused-ring (bicyclic) bond motifs is 1. The van der Waals surface area contributed by atoms with Crippen LogP contribution in [0.15, 0.2) is 30.5 Å². The van der Waals surface area contributed by atoms with Gasteiger partial charge in [0, 0.05) is 25.4 Å². The van der Waals surface area contributed by atoms with E-state index >= 15 is 0 Å². The van der Waals surface area contributed by atoms with E-state index in [1.165, 1.54) is 11.0 Å². The van der Waals surface area contributed by atoms with Crippen LogP contribution in [0.5, 0.6) is 0 Å². The van der Waals surface area contributed by atoms with Crippen molar-refractivity contribution in [1.29, 1.82) is 0 Å². The molecule has 1 aliphatic heterocycles. The van der Waals surface area contributed by atoms with Gasteiger partial charge in [0.2, 0.25) is 5.91 Å². The zero-order valence-electron chi connectivity index (χ0n) is 14.1. The van der Waals surface area contributed by atoms with E-state index in [9.17, 15) is 14.0 Å². The minimum absolute atomic E-state index is 0.101. The van der Waals surface area contributed by atoms with E-state index in [-0.39, 0.29) is 11.6 Å². The van der Waals surface area contributed by atoms with Crippen LogP contribution in [0, 0.1) is 12.7 Å². The maximum atomic E-state index is 14.2. The zero-order valence-corrected chi connectivity index (χ0v) is 14.1. The minimum Gasteiger partial charge on any atom is -0.326 e. The predicted molar refractivity (Wildman–Crippen MR) is 92.8 cm³/mol. The van der Waals surface area contributed by atoms with Crippen molar-refractivity contribution in [3.05, 3.63) is 53.1 Å². The second-order valence-electron chi connectivity index (χ2n) is 6.15. The number of urea groups is 1. The second kappa shape index (κ2) is 6.88. The van der Waals surface area contributed by atoms with Gasteiger partial charge in [0.15, 0.2) is 0 Å². The number of hydrogen-bond donors (Lipinski definition) is 2. The molecule has 130 valence electrons. The van der Waals surface area contributed by atoms with E-state index in [4.69, 9.17) is 0 Å². The van der Waals surface area contributed by atoms with Gasteiger partial charge in [-0.15, -0.1) is 0 Å². The Balaban J connectivity index is 1.70. The van der Waals surface area contributed by atoms with Crippen LogP contribution in [0.2, 0.25) is 0 Å². The molecular formula is C18H19FN4O2. The molecule has 25 heavy (non-hydrogen) atoms. The molecule has 0 saturated carbocycles. The monoisotopic (exact) mass is 342 g/mol. The van der Waals surface area contributed by atoms with Gasteiger partial charge in [-0.25, -0.2) is 9.18 Å². The molecule has 0 fully saturated rings. The van der Waals surface area contributed by atoms with Gasteiger partial charge in [-0.05, 0) is 42.7 Å². The van der Waals surface area contributed by atoms with Gasteiger partial charge in [0.05, 0.1) is 17.9 Å². The first-order valence-electron chi connectivity index (χ1n) is 7.98. The smallest absolute Gasteiger partial charge is 0.322 e. The Kier molecular flexibility index (Phi) is 4.65. The maximum Gasteiger partial charge on any atom is 0.322 e. The summed E-state index contributed by atoms with van der Waals surface area (Å²) in [5.41, 5.74) is 3.16. The van der Waals surface area contributed by atoms with E-state index in [2.05, 4.69) is 15.6 Å². The molecule has 0 spiro atoms. The first kappa shape index (κ1) is 16.9. The number of rotatable bonds is 3. The number of amides is 3. The first-order valence-corrected chi connectivity index (χ1v) is 7.98. The number of nitrogens with one attached hydrogen (secondary N) is 2. The van der Waals surface area contributed by atoms with Crippen molar-refractivity contribution >= 4 is 23.3 Å². The van der Waals surface area contributed by atoms with Crippen LogP contribution >= 0.6 is 0 Å². The van der Waals surface area contributed by atoms with Gasteiger partial charge < -0.3 is 15.5 Å². The summed E-state index contributed by atoms with van der Waals surface area (Å²) in [7, 11) is 1.62. The minimum atomic E-state index is -0.587. The van der Waals surface area contributed by atoms with Gasteiger partial charge >= 0.3 is 6.03 Å². The predicted octanol–water partition coefficient (Wildman–Crippen LogP) is 3.08. The summed E-state index contributed by atoms with van der Waals surface area (Å²) in [4.78, 5) is 29.4. The third-order valence-corrected chi connectivity index (χ3v) is 4.05. The van der Waals surface area contributed by atoms with Crippen LogP contribution in [0.3, 0.4) is 0 Å². The van der Waals surface area contributed by atoms with Gasteiger partial charge in [-0.2, -0.15) is 0 Å². The number of carbonyl (C=O) groups is 2. The molecule has 0 unspecified atom stereocenters. The Hall–Kier alpha value is -2.96. The molecule has 2 N–H and O–H groups in total. The van der Waals surface area contributed by atoms with Gasteiger partial charge in [0.1, 0.15) is 5.82 Å². The SMILES string of the molecule is Cc1ccc(CN(C)C(=O)Nc2cc3c(cc2F)NC(=O)CC3)nc1. The van der Waals surface area contributed by atoms with Crippen molar-refractivity contribution in [2.75, 3.05) is 17.7 Å². The Morgan fingerprint density at radius 2 is 2.16 bits per heavy atom. The molecule has 3 rings (SSSR count). The molecule has 1 aromatic heterocycles. The quantitative estimate of drug-likeness (QED) is 0.900. The van der Waals surface area contributed by atoms with Crippen molar-refractivity contribution in [2.45, 2.75) is 26.3 Å². The maximum absolute atomic E-state index is 14.2. The van der Waals surface area contributed by atoms with Crippen molar-refractivity contribution in [3.8, 4) is 0 Å². The molecular weight excluding hydrogens is 323 g/mol. The lowest BCUT2D eigenvalue weighted by Gasteiger charge is -2.21. The molecule has 0 saturated heterocycles. The summed E-state index contributed by atoms with van der Waals surface area (Å²) >= 11 is 0. The number of nitrogens with zero attached hydrogens (tertiary/aromatic N) is 2. The van der Waals surface area contributed by atoms with Crippen LogP contribution in [-0.2, 0) is 17.8 Å². The van der Waals surface area contributed by atoms with E-state index in [0.29, 0.717) is 25.1 Å². The molecule has 2 heterocycles. The highest BCUT2D eigenvalue weighted by Gasteiger charge is 2.19. The number of benzene rings is 1. The standard InChI is InChI=1S/C18H19FN4O2/c1-11-3-5-13(20-9-11)10-23(2)18(25)22-16-7-12-4-6-17(24)21-15(12)8-14(16)19/h3,5,7-9H,4,6,10H2,1-2H3,(H,21,24)(H,22,25). The Morgan fingerprint density at radius 1 is 1.36 bits per heavy atom. The molecule has 6 nitrogen and oxygen atoms in total. The average Bonchev–Trinajstić information content (AvgIpc) is 2.57. The third-order valence-electron chi connectivity index (χ3n) is 4.05. The fraction of sp³-hybridized carbons (Fsp3) is 0.278. The van der Waals surface area contributed by atoms with Crippen molar-refractivity contribution in [3.63, 3.8) is 0 Å². The summed E-state index contributed by atoms with van der Waals surface area (Å²) in [5, 5.41) is 5.21. The topological polar surface area (TPSA) is 74.3 Å². The lowest BCUT2D eigenvalue weighted by atomic mass is 10.0. The summed E-state index contributed by atoms with van der Waals surface area (Å²) < 4.78 is 14.2. The van der Waals surface area contributed by atoms with Crippen LogP contribution in [0.1, 0.15) is 23.2 Å². The lowest BCUT2D eigenvalue weighted by molar-refractivity contribution is -0.116. The van der Waals surface area contributed by atoms with E-state index < -0.39 is 11.8 Å². The first-order chi connectivity index (χ1) is 11.9. The Bertz CT molecular complexity index is 821. The number of carbonyl (C=O) groups excluding carboxylic acids is 2. The number of anilines is 2. The van der Waals surface area contributed by atoms with Crippen molar-refractivity contribution < 1.29 is 14.0 Å². The summed E-state index contributed by atoms with van der Waals surface area (Å²) in [6.07, 6.45) is 2.61. The molecule has 0 radical (unpaired) electrons. The Morgan fingerprint density at radius 3 is 2.88 bits per heavy atom. The van der Waals surface area contributed by atoms with Crippen LogP contribution in [0.25, 0.3) is 0 Å². The summed E-state index contributed by atoms with van der Waals surface area (Å²) in [6.45, 7) is 2.25. The van der Waals surface area contributed by atoms with Crippen LogP contribution in [0.4, 0.5) is 20.6 Å². The number of aryl methyl sites for hydroxylation is 2. The van der Waals surface area contributed by atoms with Crippen LogP contribution in [-0.4, -0.2) is 28.9 Å². The normalized spacial score (nSPS) is 13.0. The van der Waals surface area contributed by atoms with Crippen molar-refractivity contribution in [1.82, 2.24) is 9.88 Å². The van der Waals surface area contributed by atoms with Crippen LogP contribution < -0.4 is 10.6 Å². The number of pyridine rings is 1. The number of halogens is 1. The van der Waals surface area contributed by atoms with Gasteiger partial charge in [-0.3, -0.25) is 9.78 Å². The molecule has 2 aromatic rings. The molecule has 7 heteroatoms. The van der Waals surface area contributed by atoms with Gasteiger partial charge in [-0.1, -0.05) is 6.07 Å². The largest absolute Gasteiger partial charge is 0.326 e. The Labute approximate surface area is 145 Å². The second-order valence-corrected chi connectivity index (χ2v) is 6.15. The third kappa shape index (κ3) is 3.93. The summed E-state index contributed by atoms with van der Waals surface area (Å²) in [6, 6.07) is 6.15.